The van der Waals surface area contributed by atoms with E-state index >= 15 is 0 Å². The molecule has 0 bridgehead atoms. The van der Waals surface area contributed by atoms with Crippen LogP contribution < -0.4 is 0 Å². The summed E-state index contributed by atoms with van der Waals surface area (Å²) >= 11 is 0. The van der Waals surface area contributed by atoms with Gasteiger partial charge in [-0.25, -0.2) is 4.98 Å². The van der Waals surface area contributed by atoms with Crippen molar-refractivity contribution in [2.75, 3.05) is 26.2 Å². The second-order valence-corrected chi connectivity index (χ2v) is 7.15. The third-order valence-electron chi connectivity index (χ3n) is 5.55. The first kappa shape index (κ1) is 17.7. The number of carbonyl (C=O) groups is 2. The molecule has 0 aliphatic carbocycles. The Labute approximate surface area is 158 Å². The molecule has 1 aromatic carbocycles. The molecule has 7 heteroatoms. The standard InChI is InChI=1S/C20H24N4O3/c1-14(15-5-3-2-4-6-15)19(25)24-9-10-27-18-7-8-23(12-17(18)24)20(26)16-11-21-13-22-16/h2-6,11,13-14,17-18H,7-10,12H2,1H3,(H,21,22)/t14-,17-,18+/m0/s1. The van der Waals surface area contributed by atoms with E-state index in [4.69, 9.17) is 4.74 Å². The van der Waals surface area contributed by atoms with Gasteiger partial charge in [-0.2, -0.15) is 0 Å². The number of benzene rings is 1. The maximum absolute atomic E-state index is 13.2. The summed E-state index contributed by atoms with van der Waals surface area (Å²) in [6.07, 6.45) is 3.75. The number of amides is 2. The van der Waals surface area contributed by atoms with Gasteiger partial charge in [-0.15, -0.1) is 0 Å². The molecule has 7 nitrogen and oxygen atoms in total. The number of hydrogen-bond donors (Lipinski definition) is 1. The van der Waals surface area contributed by atoms with Crippen LogP contribution in [0.3, 0.4) is 0 Å². The fourth-order valence-corrected chi connectivity index (χ4v) is 4.01. The highest BCUT2D eigenvalue weighted by atomic mass is 16.5. The minimum absolute atomic E-state index is 0.0171. The number of morpholine rings is 1. The van der Waals surface area contributed by atoms with Crippen molar-refractivity contribution in [1.82, 2.24) is 19.8 Å². The Bertz CT molecular complexity index is 793. The van der Waals surface area contributed by atoms with Crippen molar-refractivity contribution in [3.8, 4) is 0 Å². The molecule has 0 spiro atoms. The highest BCUT2D eigenvalue weighted by Crippen LogP contribution is 2.27. The van der Waals surface area contributed by atoms with Crippen molar-refractivity contribution >= 4 is 11.8 Å². The van der Waals surface area contributed by atoms with Crippen LogP contribution in [0.4, 0.5) is 0 Å². The second-order valence-electron chi connectivity index (χ2n) is 7.15. The maximum atomic E-state index is 13.2. The van der Waals surface area contributed by atoms with Crippen molar-refractivity contribution in [3.05, 3.63) is 54.1 Å². The van der Waals surface area contributed by atoms with Gasteiger partial charge in [0.2, 0.25) is 5.91 Å². The van der Waals surface area contributed by atoms with Gasteiger partial charge in [-0.3, -0.25) is 9.59 Å². The normalized spacial score (nSPS) is 23.6. The molecule has 27 heavy (non-hydrogen) atoms. The Kier molecular flexibility index (Phi) is 4.94. The summed E-state index contributed by atoms with van der Waals surface area (Å²) in [5.74, 6) is -0.209. The molecule has 1 aromatic heterocycles. The molecule has 0 unspecified atom stereocenters. The van der Waals surface area contributed by atoms with Crippen LogP contribution >= 0.6 is 0 Å². The van der Waals surface area contributed by atoms with Crippen LogP contribution in [0.2, 0.25) is 0 Å². The lowest BCUT2D eigenvalue weighted by Crippen LogP contribution is -2.62. The van der Waals surface area contributed by atoms with Gasteiger partial charge in [0.1, 0.15) is 5.69 Å². The van der Waals surface area contributed by atoms with Gasteiger partial charge in [0.05, 0.1) is 37.2 Å². The molecule has 2 amide bonds. The second kappa shape index (κ2) is 7.52. The molecule has 2 aromatic rings. The molecular formula is C20H24N4O3. The third-order valence-corrected chi connectivity index (χ3v) is 5.55. The number of H-pyrrole nitrogens is 1. The predicted molar refractivity (Wildman–Crippen MR) is 99.2 cm³/mol. The minimum Gasteiger partial charge on any atom is -0.374 e. The molecule has 1 N–H and O–H groups in total. The molecule has 2 aliphatic heterocycles. The number of ether oxygens (including phenoxy) is 1. The van der Waals surface area contributed by atoms with Crippen LogP contribution in [0.1, 0.15) is 35.3 Å². The Morgan fingerprint density at radius 3 is 2.81 bits per heavy atom. The summed E-state index contributed by atoms with van der Waals surface area (Å²) in [7, 11) is 0. The van der Waals surface area contributed by atoms with Crippen LogP contribution in [0.5, 0.6) is 0 Å². The van der Waals surface area contributed by atoms with E-state index in [9.17, 15) is 9.59 Å². The molecule has 3 heterocycles. The van der Waals surface area contributed by atoms with Crippen LogP contribution in [0.25, 0.3) is 0 Å². The Morgan fingerprint density at radius 1 is 1.26 bits per heavy atom. The van der Waals surface area contributed by atoms with Crippen LogP contribution in [0.15, 0.2) is 42.9 Å². The summed E-state index contributed by atoms with van der Waals surface area (Å²) in [6.45, 7) is 4.15. The van der Waals surface area contributed by atoms with Gasteiger partial charge < -0.3 is 19.5 Å². The Morgan fingerprint density at radius 2 is 2.07 bits per heavy atom. The van der Waals surface area contributed by atoms with Gasteiger partial charge in [0, 0.05) is 19.6 Å². The molecule has 2 saturated heterocycles. The van der Waals surface area contributed by atoms with E-state index in [0.29, 0.717) is 31.9 Å². The zero-order valence-corrected chi connectivity index (χ0v) is 15.4. The average molecular weight is 368 g/mol. The van der Waals surface area contributed by atoms with E-state index in [-0.39, 0.29) is 29.9 Å². The molecule has 0 saturated carbocycles. The number of rotatable bonds is 3. The number of piperidine rings is 1. The number of likely N-dealkylation sites (tertiary alicyclic amines) is 1. The van der Waals surface area contributed by atoms with E-state index in [1.165, 1.54) is 12.5 Å². The number of nitrogens with zero attached hydrogens (tertiary/aromatic N) is 3. The molecule has 3 atom stereocenters. The van der Waals surface area contributed by atoms with Crippen molar-refractivity contribution in [2.45, 2.75) is 31.4 Å². The fraction of sp³-hybridized carbons (Fsp3) is 0.450. The average Bonchev–Trinajstić information content (AvgIpc) is 3.27. The lowest BCUT2D eigenvalue weighted by atomic mass is 9.94. The summed E-state index contributed by atoms with van der Waals surface area (Å²) < 4.78 is 5.91. The van der Waals surface area contributed by atoms with Crippen LogP contribution in [0, 0.1) is 0 Å². The number of aromatic nitrogens is 2. The zero-order chi connectivity index (χ0) is 18.8. The lowest BCUT2D eigenvalue weighted by molar-refractivity contribution is -0.152. The van der Waals surface area contributed by atoms with Crippen LogP contribution in [-0.2, 0) is 9.53 Å². The molecular weight excluding hydrogens is 344 g/mol. The molecule has 2 aliphatic rings. The molecule has 4 rings (SSSR count). The van der Waals surface area contributed by atoms with Crippen molar-refractivity contribution in [3.63, 3.8) is 0 Å². The summed E-state index contributed by atoms with van der Waals surface area (Å²) in [5, 5.41) is 0. The van der Waals surface area contributed by atoms with Crippen LogP contribution in [-0.4, -0.2) is 70.0 Å². The Hall–Kier alpha value is -2.67. The van der Waals surface area contributed by atoms with E-state index in [1.54, 1.807) is 4.90 Å². The van der Waals surface area contributed by atoms with E-state index in [1.807, 2.05) is 42.2 Å². The monoisotopic (exact) mass is 368 g/mol. The number of fused-ring (bicyclic) bond motifs is 1. The zero-order valence-electron chi connectivity index (χ0n) is 15.4. The van der Waals surface area contributed by atoms with Gasteiger partial charge >= 0.3 is 0 Å². The van der Waals surface area contributed by atoms with E-state index in [0.717, 1.165) is 12.0 Å². The van der Waals surface area contributed by atoms with Crippen molar-refractivity contribution < 1.29 is 14.3 Å². The van der Waals surface area contributed by atoms with E-state index < -0.39 is 0 Å². The van der Waals surface area contributed by atoms with Gasteiger partial charge in [-0.05, 0) is 18.9 Å². The lowest BCUT2D eigenvalue weighted by Gasteiger charge is -2.47. The maximum Gasteiger partial charge on any atom is 0.271 e. The summed E-state index contributed by atoms with van der Waals surface area (Å²) in [5.41, 5.74) is 1.48. The largest absolute Gasteiger partial charge is 0.374 e. The summed E-state index contributed by atoms with van der Waals surface area (Å²) in [4.78, 5) is 36.4. The topological polar surface area (TPSA) is 78.5 Å². The number of nitrogens with one attached hydrogen (secondary N) is 1. The first-order valence-corrected chi connectivity index (χ1v) is 9.40. The smallest absolute Gasteiger partial charge is 0.271 e. The fourth-order valence-electron chi connectivity index (χ4n) is 4.01. The first-order chi connectivity index (χ1) is 13.1. The van der Waals surface area contributed by atoms with Crippen molar-refractivity contribution in [1.29, 1.82) is 0 Å². The summed E-state index contributed by atoms with van der Waals surface area (Å²) in [6, 6.07) is 9.70. The predicted octanol–water partition coefficient (Wildman–Crippen LogP) is 1.66. The molecule has 0 radical (unpaired) electrons. The quantitative estimate of drug-likeness (QED) is 0.894. The highest BCUT2D eigenvalue weighted by Gasteiger charge is 2.41. The molecule has 2 fully saturated rings. The number of aromatic amines is 1. The number of hydrogen-bond acceptors (Lipinski definition) is 4. The highest BCUT2D eigenvalue weighted by molar-refractivity contribution is 5.92. The first-order valence-electron chi connectivity index (χ1n) is 9.40. The number of carbonyl (C=O) groups excluding carboxylic acids is 2. The van der Waals surface area contributed by atoms with E-state index in [2.05, 4.69) is 9.97 Å². The Balaban J connectivity index is 1.51. The number of imidazole rings is 1. The third kappa shape index (κ3) is 3.47. The minimum atomic E-state index is -0.219. The van der Waals surface area contributed by atoms with Gasteiger partial charge in [-0.1, -0.05) is 30.3 Å². The SMILES string of the molecule is C[C@H](C(=O)N1CCO[C@@H]2CCN(C(=O)c3cnc[nH]3)C[C@@H]21)c1ccccc1. The van der Waals surface area contributed by atoms with Gasteiger partial charge in [0.15, 0.2) is 0 Å². The molecule has 142 valence electrons. The van der Waals surface area contributed by atoms with Crippen molar-refractivity contribution in [2.24, 2.45) is 0 Å². The van der Waals surface area contributed by atoms with Gasteiger partial charge in [0.25, 0.3) is 5.91 Å².